The van der Waals surface area contributed by atoms with E-state index in [0.29, 0.717) is 0 Å². The van der Waals surface area contributed by atoms with Crippen LogP contribution in [0.5, 0.6) is 0 Å². The molecule has 12 heteroatoms. The number of amides is 3. The van der Waals surface area contributed by atoms with Crippen LogP contribution in [0.2, 0.25) is 0 Å². The standard InChI is InChI=1S/C26H34ClF4N3O4/c1-13(22(35)32-12-26(29,30)31)17-10-18(28)19(9-16(17)11-27)33-23(36)21(34-24(37)38-25(2,3)4)20(14-5-6-14)15-7-8-15/h9-10,13-15,20-21H,5-8,11-12H2,1-4H3,(H,32,35)(H,33,36)(H,34,37)/t13-,21-/m0/s1. The van der Waals surface area contributed by atoms with Crippen LogP contribution < -0.4 is 16.0 Å². The zero-order valence-electron chi connectivity index (χ0n) is 21.8. The van der Waals surface area contributed by atoms with Gasteiger partial charge in [0, 0.05) is 5.88 Å². The summed E-state index contributed by atoms with van der Waals surface area (Å²) in [5, 5.41) is 7.02. The van der Waals surface area contributed by atoms with Gasteiger partial charge in [-0.05, 0) is 94.4 Å². The van der Waals surface area contributed by atoms with Crippen LogP contribution in [0.15, 0.2) is 12.1 Å². The molecule has 0 saturated heterocycles. The van der Waals surface area contributed by atoms with Gasteiger partial charge in [0.1, 0.15) is 24.0 Å². The lowest BCUT2D eigenvalue weighted by molar-refractivity contribution is -0.139. The van der Waals surface area contributed by atoms with Crippen LogP contribution in [0.1, 0.15) is 70.4 Å². The molecule has 0 aliphatic heterocycles. The average Bonchev–Trinajstić information content (AvgIpc) is 3.71. The monoisotopic (exact) mass is 563 g/mol. The number of halogens is 5. The number of hydrogen-bond donors (Lipinski definition) is 3. The van der Waals surface area contributed by atoms with Gasteiger partial charge in [-0.1, -0.05) is 0 Å². The number of rotatable bonds is 10. The van der Waals surface area contributed by atoms with E-state index in [2.05, 4.69) is 10.6 Å². The second-order valence-electron chi connectivity index (χ2n) is 11.1. The van der Waals surface area contributed by atoms with Gasteiger partial charge in [0.15, 0.2) is 0 Å². The van der Waals surface area contributed by atoms with Crippen molar-refractivity contribution >= 4 is 35.2 Å². The molecule has 3 amide bonds. The van der Waals surface area contributed by atoms with Crippen molar-refractivity contribution in [3.63, 3.8) is 0 Å². The maximum absolute atomic E-state index is 15.1. The van der Waals surface area contributed by atoms with Crippen LogP contribution in [0.3, 0.4) is 0 Å². The Morgan fingerprint density at radius 1 is 1.05 bits per heavy atom. The number of alkyl halides is 4. The Morgan fingerprint density at radius 2 is 1.63 bits per heavy atom. The number of anilines is 1. The Balaban J connectivity index is 1.81. The Labute approximate surface area is 224 Å². The summed E-state index contributed by atoms with van der Waals surface area (Å²) in [6, 6.07) is 1.30. The molecule has 1 aromatic carbocycles. The van der Waals surface area contributed by atoms with Gasteiger partial charge in [-0.3, -0.25) is 9.59 Å². The first kappa shape index (κ1) is 30.0. The molecule has 212 valence electrons. The van der Waals surface area contributed by atoms with E-state index in [1.54, 1.807) is 26.1 Å². The molecule has 7 nitrogen and oxygen atoms in total. The Kier molecular flexibility index (Phi) is 9.21. The van der Waals surface area contributed by atoms with Crippen LogP contribution in [-0.4, -0.2) is 42.3 Å². The first-order chi connectivity index (χ1) is 17.6. The van der Waals surface area contributed by atoms with Gasteiger partial charge in [-0.2, -0.15) is 13.2 Å². The van der Waals surface area contributed by atoms with Gasteiger partial charge in [-0.15, -0.1) is 11.6 Å². The number of carbonyl (C=O) groups is 3. The molecule has 0 aromatic heterocycles. The zero-order chi connectivity index (χ0) is 28.4. The van der Waals surface area contributed by atoms with E-state index in [0.717, 1.165) is 31.7 Å². The Morgan fingerprint density at radius 3 is 2.11 bits per heavy atom. The highest BCUT2D eigenvalue weighted by Gasteiger charge is 2.48. The summed E-state index contributed by atoms with van der Waals surface area (Å²) >= 11 is 6.01. The van der Waals surface area contributed by atoms with Gasteiger partial charge in [0.25, 0.3) is 0 Å². The molecule has 0 bridgehead atoms. The molecule has 0 heterocycles. The minimum atomic E-state index is -4.59. The van der Waals surface area contributed by atoms with Gasteiger partial charge < -0.3 is 20.7 Å². The number of benzene rings is 1. The summed E-state index contributed by atoms with van der Waals surface area (Å²) in [4.78, 5) is 38.2. The van der Waals surface area contributed by atoms with E-state index in [-0.39, 0.29) is 40.4 Å². The molecular weight excluding hydrogens is 530 g/mol. The fourth-order valence-corrected chi connectivity index (χ4v) is 4.83. The molecule has 38 heavy (non-hydrogen) atoms. The molecule has 2 aliphatic rings. The number of alkyl carbamates (subject to hydrolysis) is 1. The minimum Gasteiger partial charge on any atom is -0.444 e. The van der Waals surface area contributed by atoms with E-state index < -0.39 is 54.0 Å². The minimum absolute atomic E-state index is 0.104. The van der Waals surface area contributed by atoms with Gasteiger partial charge in [0.2, 0.25) is 11.8 Å². The van der Waals surface area contributed by atoms with Crippen LogP contribution in [-0.2, 0) is 20.2 Å². The van der Waals surface area contributed by atoms with E-state index in [9.17, 15) is 27.6 Å². The average molecular weight is 564 g/mol. The first-order valence-corrected chi connectivity index (χ1v) is 13.2. The van der Waals surface area contributed by atoms with Crippen LogP contribution >= 0.6 is 11.6 Å². The van der Waals surface area contributed by atoms with Crippen molar-refractivity contribution in [3.05, 3.63) is 29.1 Å². The van der Waals surface area contributed by atoms with E-state index in [4.69, 9.17) is 16.3 Å². The Hall–Kier alpha value is -2.56. The van der Waals surface area contributed by atoms with Crippen LogP contribution in [0.4, 0.5) is 28.0 Å². The van der Waals surface area contributed by atoms with E-state index >= 15 is 4.39 Å². The third-order valence-corrected chi connectivity index (χ3v) is 6.91. The number of hydrogen-bond acceptors (Lipinski definition) is 4. The fraction of sp³-hybridized carbons (Fsp3) is 0.654. The lowest BCUT2D eigenvalue weighted by Crippen LogP contribution is -2.51. The van der Waals surface area contributed by atoms with Crippen molar-refractivity contribution < 1.29 is 36.7 Å². The van der Waals surface area contributed by atoms with E-state index in [1.807, 2.05) is 0 Å². The number of nitrogens with one attached hydrogen (secondary N) is 3. The first-order valence-electron chi connectivity index (χ1n) is 12.6. The quantitative estimate of drug-likeness (QED) is 0.254. The molecular formula is C26H34ClF4N3O4. The Bertz CT molecular complexity index is 1040. The summed E-state index contributed by atoms with van der Waals surface area (Å²) in [6.45, 7) is 4.94. The van der Waals surface area contributed by atoms with Crippen LogP contribution in [0.25, 0.3) is 0 Å². The molecule has 0 unspecified atom stereocenters. The second kappa shape index (κ2) is 11.7. The molecule has 0 radical (unpaired) electrons. The lowest BCUT2D eigenvalue weighted by Gasteiger charge is -2.29. The zero-order valence-corrected chi connectivity index (χ0v) is 22.6. The predicted octanol–water partition coefficient (Wildman–Crippen LogP) is 5.61. The van der Waals surface area contributed by atoms with Gasteiger partial charge >= 0.3 is 12.3 Å². The summed E-state index contributed by atoms with van der Waals surface area (Å²) in [7, 11) is 0. The number of ether oxygens (including phenoxy) is 1. The molecule has 2 fully saturated rings. The smallest absolute Gasteiger partial charge is 0.408 e. The summed E-state index contributed by atoms with van der Waals surface area (Å²) in [5.74, 6) is -3.31. The second-order valence-corrected chi connectivity index (χ2v) is 11.4. The maximum atomic E-state index is 15.1. The highest BCUT2D eigenvalue weighted by atomic mass is 35.5. The third kappa shape index (κ3) is 8.47. The molecule has 2 atom stereocenters. The summed E-state index contributed by atoms with van der Waals surface area (Å²) in [6.07, 6.45) is -1.58. The predicted molar refractivity (Wildman–Crippen MR) is 134 cm³/mol. The molecule has 1 aromatic rings. The molecule has 2 aliphatic carbocycles. The van der Waals surface area contributed by atoms with Crippen LogP contribution in [0, 0.1) is 23.6 Å². The lowest BCUT2D eigenvalue weighted by atomic mass is 9.88. The van der Waals surface area contributed by atoms with Crippen molar-refractivity contribution in [1.29, 1.82) is 0 Å². The fourth-order valence-electron chi connectivity index (χ4n) is 4.60. The molecule has 0 spiro atoms. The van der Waals surface area contributed by atoms with Gasteiger partial charge in [-0.25, -0.2) is 9.18 Å². The van der Waals surface area contributed by atoms with Gasteiger partial charge in [0.05, 0.1) is 11.6 Å². The highest BCUT2D eigenvalue weighted by molar-refractivity contribution is 6.17. The summed E-state index contributed by atoms with van der Waals surface area (Å²) < 4.78 is 57.9. The van der Waals surface area contributed by atoms with Crippen molar-refractivity contribution in [2.75, 3.05) is 11.9 Å². The summed E-state index contributed by atoms with van der Waals surface area (Å²) in [5.41, 5.74) is -0.610. The highest BCUT2D eigenvalue weighted by Crippen LogP contribution is 2.51. The topological polar surface area (TPSA) is 96.5 Å². The van der Waals surface area contributed by atoms with E-state index in [1.165, 1.54) is 13.0 Å². The third-order valence-electron chi connectivity index (χ3n) is 6.63. The molecule has 3 N–H and O–H groups in total. The largest absolute Gasteiger partial charge is 0.444 e. The van der Waals surface area contributed by atoms with Crippen molar-refractivity contribution in [2.24, 2.45) is 17.8 Å². The maximum Gasteiger partial charge on any atom is 0.408 e. The molecule has 3 rings (SSSR count). The van der Waals surface area contributed by atoms with Crippen molar-refractivity contribution in [2.45, 2.75) is 83.0 Å². The number of carbonyl (C=O) groups excluding carboxylic acids is 3. The van der Waals surface area contributed by atoms with Crippen molar-refractivity contribution in [3.8, 4) is 0 Å². The SMILES string of the molecule is C[C@H](C(=O)NCC(F)(F)F)c1cc(F)c(NC(=O)[C@@H](NC(=O)OC(C)(C)C)C(C2CC2)C2CC2)cc1CCl. The normalized spacial score (nSPS) is 17.5. The van der Waals surface area contributed by atoms with Crippen molar-refractivity contribution in [1.82, 2.24) is 10.6 Å². The molecule has 2 saturated carbocycles.